The summed E-state index contributed by atoms with van der Waals surface area (Å²) in [6.45, 7) is 0. The van der Waals surface area contributed by atoms with Crippen molar-refractivity contribution in [2.24, 2.45) is 0 Å². The molecule has 1 heterocycles. The van der Waals surface area contributed by atoms with E-state index in [0.717, 1.165) is 0 Å². The number of rotatable bonds is 4. The molecule has 2 unspecified atom stereocenters. The molecule has 0 saturated carbocycles. The number of nitrogens with one attached hydrogen (secondary N) is 1. The molecule has 0 aliphatic carbocycles. The summed E-state index contributed by atoms with van der Waals surface area (Å²) < 4.78 is 8.35. The average Bonchev–Trinajstić information content (AvgIpc) is 2.97. The van der Waals surface area contributed by atoms with Crippen molar-refractivity contribution in [3.05, 3.63) is 67.8 Å². The summed E-state index contributed by atoms with van der Waals surface area (Å²) in [6, 6.07) is 7.07. The van der Waals surface area contributed by atoms with Crippen molar-refractivity contribution in [2.45, 2.75) is 24.9 Å². The van der Waals surface area contributed by atoms with Gasteiger partial charge in [-0.1, -0.05) is 12.1 Å². The standard InChI is InChI=1S/C16H15N3O6/c20-15-5-1-9(7-13(15)18(22)23)11-3-4-12(17-11)10-2-6-16(21)14(8-10)19(24)25/h1-2,5-8,11-12,17,20-21H,3-4H2/i/hD. The van der Waals surface area contributed by atoms with Gasteiger partial charge in [0.05, 0.1) is 9.85 Å². The summed E-state index contributed by atoms with van der Waals surface area (Å²) >= 11 is 0. The third-order valence-electron chi connectivity index (χ3n) is 4.24. The van der Waals surface area contributed by atoms with E-state index in [4.69, 9.17) is 1.41 Å². The molecule has 0 spiro atoms. The zero-order valence-corrected chi connectivity index (χ0v) is 12.9. The third kappa shape index (κ3) is 3.22. The van der Waals surface area contributed by atoms with Crippen molar-refractivity contribution in [1.29, 1.82) is 0 Å². The molecule has 0 amide bonds. The lowest BCUT2D eigenvalue weighted by atomic mass is 10.0. The highest BCUT2D eigenvalue weighted by Gasteiger charge is 2.29. The minimum absolute atomic E-state index is 0.431. The van der Waals surface area contributed by atoms with Crippen LogP contribution in [0.1, 0.15) is 36.1 Å². The van der Waals surface area contributed by atoms with Crippen LogP contribution in [0.2, 0.25) is 1.41 Å². The lowest BCUT2D eigenvalue weighted by Crippen LogP contribution is -2.17. The average molecular weight is 346 g/mol. The molecule has 2 atom stereocenters. The van der Waals surface area contributed by atoms with Crippen LogP contribution in [-0.4, -0.2) is 20.1 Å². The molecule has 2 aromatic rings. The maximum Gasteiger partial charge on any atom is 0.311 e. The Balaban J connectivity index is 1.90. The number of benzene rings is 2. The fraction of sp³-hybridized carbons (Fsp3) is 0.250. The molecule has 0 bridgehead atoms. The zero-order valence-electron chi connectivity index (χ0n) is 13.9. The van der Waals surface area contributed by atoms with Crippen LogP contribution in [0.25, 0.3) is 0 Å². The van der Waals surface area contributed by atoms with Gasteiger partial charge in [-0.2, -0.15) is 0 Å². The number of phenolic OH excluding ortho intramolecular Hbond substituents is 2. The summed E-state index contributed by atoms with van der Waals surface area (Å²) in [7, 11) is 0. The second-order valence-electron chi connectivity index (χ2n) is 5.77. The summed E-state index contributed by atoms with van der Waals surface area (Å²) in [4.78, 5) is 20.6. The zero-order chi connectivity index (χ0) is 19.0. The summed E-state index contributed by atoms with van der Waals surface area (Å²) in [5.74, 6) is -0.891. The van der Waals surface area contributed by atoms with E-state index in [1.165, 1.54) is 41.7 Å². The molecule has 0 aromatic heterocycles. The van der Waals surface area contributed by atoms with Crippen molar-refractivity contribution >= 4 is 11.4 Å². The minimum Gasteiger partial charge on any atom is -0.502 e. The van der Waals surface area contributed by atoms with Gasteiger partial charge in [0.1, 0.15) is 1.41 Å². The normalized spacial score (nSPS) is 21.0. The number of hydrogen-bond acceptors (Lipinski definition) is 7. The predicted molar refractivity (Wildman–Crippen MR) is 87.4 cm³/mol. The van der Waals surface area contributed by atoms with Gasteiger partial charge in [-0.05, 0) is 36.1 Å². The molecule has 130 valence electrons. The minimum atomic E-state index is -0.692. The quantitative estimate of drug-likeness (QED) is 0.571. The van der Waals surface area contributed by atoms with E-state index < -0.39 is 44.8 Å². The van der Waals surface area contributed by atoms with Gasteiger partial charge < -0.3 is 15.5 Å². The highest BCUT2D eigenvalue weighted by Crippen LogP contribution is 2.39. The van der Waals surface area contributed by atoms with Crippen LogP contribution >= 0.6 is 0 Å². The first-order valence-corrected chi connectivity index (χ1v) is 7.51. The highest BCUT2D eigenvalue weighted by atomic mass is 16.6. The van der Waals surface area contributed by atoms with E-state index in [-0.39, 0.29) is 0 Å². The molecule has 1 aliphatic heterocycles. The monoisotopic (exact) mass is 346 g/mol. The van der Waals surface area contributed by atoms with Crippen LogP contribution < -0.4 is 5.31 Å². The lowest BCUT2D eigenvalue weighted by molar-refractivity contribution is -0.386. The van der Waals surface area contributed by atoms with E-state index >= 15 is 0 Å². The Morgan fingerprint density at radius 3 is 1.68 bits per heavy atom. The SMILES string of the molecule is [2H]N1C(c2ccc(O)c([N+](=O)[O-])c2)CCC1c1ccc(O)c([N+](=O)[O-])c1. The second kappa shape index (κ2) is 6.36. The van der Waals surface area contributed by atoms with Crippen molar-refractivity contribution in [1.82, 2.24) is 5.31 Å². The number of hydrogen-bond donors (Lipinski definition) is 3. The van der Waals surface area contributed by atoms with Crippen molar-refractivity contribution in [2.75, 3.05) is 0 Å². The molecule has 3 rings (SSSR count). The highest BCUT2D eigenvalue weighted by molar-refractivity contribution is 5.50. The Hall–Kier alpha value is -3.20. The van der Waals surface area contributed by atoms with E-state index in [1.54, 1.807) is 0 Å². The van der Waals surface area contributed by atoms with Crippen molar-refractivity contribution in [3.8, 4) is 11.5 Å². The molecule has 9 heteroatoms. The molecule has 9 nitrogen and oxygen atoms in total. The molecule has 1 aliphatic rings. The second-order valence-corrected chi connectivity index (χ2v) is 5.77. The molecule has 25 heavy (non-hydrogen) atoms. The molecule has 1 fully saturated rings. The van der Waals surface area contributed by atoms with Crippen LogP contribution in [0, 0.1) is 20.2 Å². The van der Waals surface area contributed by atoms with Crippen LogP contribution in [0.3, 0.4) is 0 Å². The number of nitrogens with zero attached hydrogens (tertiary/aromatic N) is 2. The number of nitro benzene ring substituents is 2. The predicted octanol–water partition coefficient (Wildman–Crippen LogP) is 3.08. The molecule has 2 aromatic carbocycles. The van der Waals surface area contributed by atoms with Gasteiger partial charge in [-0.25, -0.2) is 0 Å². The van der Waals surface area contributed by atoms with Gasteiger partial charge >= 0.3 is 11.4 Å². The van der Waals surface area contributed by atoms with Crippen LogP contribution in [0.15, 0.2) is 36.4 Å². The number of phenols is 2. The Morgan fingerprint density at radius 2 is 1.32 bits per heavy atom. The summed E-state index contributed by atoms with van der Waals surface area (Å²) in [5, 5.41) is 42.3. The van der Waals surface area contributed by atoms with E-state index in [2.05, 4.69) is 0 Å². The Morgan fingerprint density at radius 1 is 0.920 bits per heavy atom. The van der Waals surface area contributed by atoms with Gasteiger partial charge in [-0.15, -0.1) is 0 Å². The smallest absolute Gasteiger partial charge is 0.311 e. The molecule has 3 N–H and O–H groups in total. The van der Waals surface area contributed by atoms with E-state index in [1.807, 2.05) is 0 Å². The van der Waals surface area contributed by atoms with Crippen molar-refractivity contribution in [3.63, 3.8) is 0 Å². The molecular formula is C16H15N3O6. The third-order valence-corrected chi connectivity index (χ3v) is 4.24. The fourth-order valence-corrected chi connectivity index (χ4v) is 2.98. The van der Waals surface area contributed by atoms with Gasteiger partial charge in [0.2, 0.25) is 0 Å². The first-order chi connectivity index (χ1) is 12.3. The first kappa shape index (κ1) is 15.3. The molecular weight excluding hydrogens is 330 g/mol. The maximum atomic E-state index is 11.0. The largest absolute Gasteiger partial charge is 0.502 e. The Labute approximate surface area is 143 Å². The topological polar surface area (TPSA) is 139 Å². The van der Waals surface area contributed by atoms with Crippen LogP contribution in [-0.2, 0) is 0 Å². The lowest BCUT2D eigenvalue weighted by Gasteiger charge is -2.15. The van der Waals surface area contributed by atoms with Crippen LogP contribution in [0.4, 0.5) is 11.4 Å². The summed E-state index contributed by atoms with van der Waals surface area (Å²) in [5.41, 5.74) is 0.166. The van der Waals surface area contributed by atoms with E-state index in [0.29, 0.717) is 24.0 Å². The van der Waals surface area contributed by atoms with Gasteiger partial charge in [-0.3, -0.25) is 20.2 Å². The maximum absolute atomic E-state index is 11.0. The van der Waals surface area contributed by atoms with Crippen LogP contribution in [0.5, 0.6) is 11.5 Å². The van der Waals surface area contributed by atoms with Gasteiger partial charge in [0.15, 0.2) is 11.5 Å². The molecule has 0 radical (unpaired) electrons. The Kier molecular flexibility index (Phi) is 3.90. The van der Waals surface area contributed by atoms with Crippen molar-refractivity contribution < 1.29 is 21.5 Å². The van der Waals surface area contributed by atoms with Gasteiger partial charge in [0, 0.05) is 24.2 Å². The number of nitro groups is 2. The molecule has 1 saturated heterocycles. The summed E-state index contributed by atoms with van der Waals surface area (Å²) in [6.07, 6.45) is 1.04. The Bertz CT molecular complexity index is 819. The number of aromatic hydroxyl groups is 2. The fourth-order valence-electron chi connectivity index (χ4n) is 2.98. The van der Waals surface area contributed by atoms with E-state index in [9.17, 15) is 30.4 Å². The first-order valence-electron chi connectivity index (χ1n) is 7.96. The van der Waals surface area contributed by atoms with Gasteiger partial charge in [0.25, 0.3) is 0 Å².